The van der Waals surface area contributed by atoms with Crippen molar-refractivity contribution in [1.82, 2.24) is 15.1 Å². The summed E-state index contributed by atoms with van der Waals surface area (Å²) in [5, 5.41) is 3.74. The molecule has 0 aromatic heterocycles. The van der Waals surface area contributed by atoms with Gasteiger partial charge in [0.1, 0.15) is 0 Å². The van der Waals surface area contributed by atoms with Gasteiger partial charge in [0.15, 0.2) is 0 Å². The van der Waals surface area contributed by atoms with Crippen LogP contribution in [0.5, 0.6) is 0 Å². The molecule has 1 atom stereocenters. The Morgan fingerprint density at radius 1 is 1.16 bits per heavy atom. The number of hydrogen-bond acceptors (Lipinski definition) is 3. The summed E-state index contributed by atoms with van der Waals surface area (Å²) < 4.78 is 0. The molecule has 1 aliphatic rings. The maximum atomic E-state index is 3.74. The van der Waals surface area contributed by atoms with Crippen molar-refractivity contribution in [3.63, 3.8) is 0 Å². The Balaban J connectivity index is 2.09. The van der Waals surface area contributed by atoms with Crippen LogP contribution in [0.2, 0.25) is 0 Å². The topological polar surface area (TPSA) is 18.5 Å². The number of hydrogen-bond donors (Lipinski definition) is 1. The molecular formula is C16H35N3. The van der Waals surface area contributed by atoms with Gasteiger partial charge < -0.3 is 15.1 Å². The molecule has 0 spiro atoms. The zero-order valence-corrected chi connectivity index (χ0v) is 13.6. The van der Waals surface area contributed by atoms with Crippen molar-refractivity contribution >= 4 is 0 Å². The maximum absolute atomic E-state index is 3.74. The molecule has 0 amide bonds. The molecule has 1 rings (SSSR count). The molecule has 1 aliphatic heterocycles. The van der Waals surface area contributed by atoms with Crippen LogP contribution < -0.4 is 5.32 Å². The van der Waals surface area contributed by atoms with E-state index in [0.717, 1.165) is 5.92 Å². The highest BCUT2D eigenvalue weighted by molar-refractivity contribution is 4.79. The summed E-state index contributed by atoms with van der Waals surface area (Å²) in [4.78, 5) is 5.08. The molecular weight excluding hydrogens is 234 g/mol. The predicted molar refractivity (Wildman–Crippen MR) is 84.7 cm³/mol. The van der Waals surface area contributed by atoms with Crippen LogP contribution in [0.15, 0.2) is 0 Å². The second-order valence-electron chi connectivity index (χ2n) is 5.89. The number of piperidine rings is 1. The highest BCUT2D eigenvalue weighted by atomic mass is 15.1. The van der Waals surface area contributed by atoms with Crippen LogP contribution in [0.4, 0.5) is 0 Å². The third kappa shape index (κ3) is 6.24. The second-order valence-corrected chi connectivity index (χ2v) is 5.89. The molecule has 1 fully saturated rings. The number of nitrogens with zero attached hydrogens (tertiary/aromatic N) is 2. The monoisotopic (exact) mass is 269 g/mol. The molecule has 3 nitrogen and oxygen atoms in total. The average molecular weight is 269 g/mol. The Kier molecular flexibility index (Phi) is 8.67. The molecule has 0 aromatic rings. The molecule has 1 heterocycles. The minimum atomic E-state index is 0.690. The fourth-order valence-corrected chi connectivity index (χ4v) is 3.11. The molecule has 19 heavy (non-hydrogen) atoms. The second kappa shape index (κ2) is 9.73. The Morgan fingerprint density at radius 3 is 2.32 bits per heavy atom. The SMILES string of the molecule is CCN(CC)CCCNC(C)C1CCN(CC)CC1. The van der Waals surface area contributed by atoms with Crippen molar-refractivity contribution in [3.05, 3.63) is 0 Å². The Hall–Kier alpha value is -0.120. The van der Waals surface area contributed by atoms with Gasteiger partial charge in [-0.25, -0.2) is 0 Å². The van der Waals surface area contributed by atoms with E-state index in [1.54, 1.807) is 0 Å². The van der Waals surface area contributed by atoms with Gasteiger partial charge in [-0.05, 0) is 77.9 Å². The lowest BCUT2D eigenvalue weighted by molar-refractivity contribution is 0.168. The first-order valence-corrected chi connectivity index (χ1v) is 8.39. The Morgan fingerprint density at radius 2 is 1.79 bits per heavy atom. The molecule has 0 aliphatic carbocycles. The van der Waals surface area contributed by atoms with Gasteiger partial charge in [-0.15, -0.1) is 0 Å². The van der Waals surface area contributed by atoms with Crippen LogP contribution in [-0.2, 0) is 0 Å². The van der Waals surface area contributed by atoms with E-state index in [-0.39, 0.29) is 0 Å². The fourth-order valence-electron chi connectivity index (χ4n) is 3.11. The van der Waals surface area contributed by atoms with Crippen molar-refractivity contribution < 1.29 is 0 Å². The minimum Gasteiger partial charge on any atom is -0.314 e. The number of nitrogens with one attached hydrogen (secondary N) is 1. The summed E-state index contributed by atoms with van der Waals surface area (Å²) in [6, 6.07) is 0.690. The Labute approximate surface area is 120 Å². The maximum Gasteiger partial charge on any atom is 0.00679 e. The molecule has 0 aromatic carbocycles. The van der Waals surface area contributed by atoms with Gasteiger partial charge in [0.25, 0.3) is 0 Å². The average Bonchev–Trinajstić information content (AvgIpc) is 2.47. The van der Waals surface area contributed by atoms with Crippen molar-refractivity contribution in [1.29, 1.82) is 0 Å². The van der Waals surface area contributed by atoms with Crippen LogP contribution in [-0.4, -0.2) is 61.7 Å². The first kappa shape index (κ1) is 16.9. The summed E-state index contributed by atoms with van der Waals surface area (Å²) >= 11 is 0. The lowest BCUT2D eigenvalue weighted by Gasteiger charge is -2.34. The highest BCUT2D eigenvalue weighted by Crippen LogP contribution is 2.20. The summed E-state index contributed by atoms with van der Waals surface area (Å²) in [5.74, 6) is 0.885. The molecule has 1 saturated heterocycles. The highest BCUT2D eigenvalue weighted by Gasteiger charge is 2.22. The van der Waals surface area contributed by atoms with Gasteiger partial charge in [0.05, 0.1) is 0 Å². The largest absolute Gasteiger partial charge is 0.314 e. The van der Waals surface area contributed by atoms with Crippen molar-refractivity contribution in [2.45, 2.75) is 53.0 Å². The first-order chi connectivity index (χ1) is 9.21. The van der Waals surface area contributed by atoms with E-state index in [9.17, 15) is 0 Å². The molecule has 114 valence electrons. The third-order valence-corrected chi connectivity index (χ3v) is 4.80. The van der Waals surface area contributed by atoms with Gasteiger partial charge in [-0.1, -0.05) is 20.8 Å². The summed E-state index contributed by atoms with van der Waals surface area (Å²) in [6.45, 7) is 17.7. The van der Waals surface area contributed by atoms with Gasteiger partial charge in [-0.3, -0.25) is 0 Å². The fraction of sp³-hybridized carbons (Fsp3) is 1.00. The van der Waals surface area contributed by atoms with E-state index in [4.69, 9.17) is 0 Å². The number of likely N-dealkylation sites (tertiary alicyclic amines) is 1. The van der Waals surface area contributed by atoms with E-state index in [1.165, 1.54) is 65.1 Å². The lowest BCUT2D eigenvalue weighted by Crippen LogP contribution is -2.42. The van der Waals surface area contributed by atoms with E-state index >= 15 is 0 Å². The van der Waals surface area contributed by atoms with Gasteiger partial charge in [-0.2, -0.15) is 0 Å². The van der Waals surface area contributed by atoms with E-state index in [2.05, 4.69) is 42.8 Å². The van der Waals surface area contributed by atoms with Crippen molar-refractivity contribution in [2.24, 2.45) is 5.92 Å². The molecule has 1 unspecified atom stereocenters. The van der Waals surface area contributed by atoms with Gasteiger partial charge in [0.2, 0.25) is 0 Å². The van der Waals surface area contributed by atoms with Gasteiger partial charge in [0, 0.05) is 6.04 Å². The summed E-state index contributed by atoms with van der Waals surface area (Å²) in [5.41, 5.74) is 0. The predicted octanol–water partition coefficient (Wildman–Crippen LogP) is 2.43. The molecule has 1 N–H and O–H groups in total. The normalized spacial score (nSPS) is 20.1. The van der Waals surface area contributed by atoms with Crippen molar-refractivity contribution in [3.8, 4) is 0 Å². The standard InChI is InChI=1S/C16H35N3/c1-5-18(6-2)12-8-11-17-15(4)16-9-13-19(7-3)14-10-16/h15-17H,5-14H2,1-4H3. The molecule has 0 bridgehead atoms. The quantitative estimate of drug-likeness (QED) is 0.649. The molecule has 3 heteroatoms. The van der Waals surface area contributed by atoms with Crippen LogP contribution in [0.1, 0.15) is 47.0 Å². The summed E-state index contributed by atoms with van der Waals surface area (Å²) in [6.07, 6.45) is 4.02. The van der Waals surface area contributed by atoms with Crippen LogP contribution >= 0.6 is 0 Å². The van der Waals surface area contributed by atoms with Gasteiger partial charge >= 0.3 is 0 Å². The summed E-state index contributed by atoms with van der Waals surface area (Å²) in [7, 11) is 0. The number of rotatable bonds is 9. The van der Waals surface area contributed by atoms with E-state index in [1.807, 2.05) is 0 Å². The zero-order chi connectivity index (χ0) is 14.1. The minimum absolute atomic E-state index is 0.690. The molecule has 0 radical (unpaired) electrons. The van der Waals surface area contributed by atoms with E-state index < -0.39 is 0 Å². The molecule has 0 saturated carbocycles. The van der Waals surface area contributed by atoms with Crippen molar-refractivity contribution in [2.75, 3.05) is 45.8 Å². The van der Waals surface area contributed by atoms with Crippen LogP contribution in [0, 0.1) is 5.92 Å². The Bertz CT molecular complexity index is 208. The van der Waals surface area contributed by atoms with Crippen LogP contribution in [0.25, 0.3) is 0 Å². The zero-order valence-electron chi connectivity index (χ0n) is 13.6. The van der Waals surface area contributed by atoms with Crippen LogP contribution in [0.3, 0.4) is 0 Å². The third-order valence-electron chi connectivity index (χ3n) is 4.80. The van der Waals surface area contributed by atoms with E-state index in [0.29, 0.717) is 6.04 Å². The smallest absolute Gasteiger partial charge is 0.00679 e. The first-order valence-electron chi connectivity index (χ1n) is 8.39. The lowest BCUT2D eigenvalue weighted by atomic mass is 9.90.